The number of halogens is 3. The van der Waals surface area contributed by atoms with E-state index in [-0.39, 0.29) is 11.8 Å². The van der Waals surface area contributed by atoms with Crippen molar-refractivity contribution in [3.63, 3.8) is 0 Å². The second kappa shape index (κ2) is 11.2. The summed E-state index contributed by atoms with van der Waals surface area (Å²) in [4.78, 5) is 24.1. The Kier molecular flexibility index (Phi) is 7.17. The molecular formula is C36H29ClF2N4O2. The first-order valence-corrected chi connectivity index (χ1v) is 15.1. The highest BCUT2D eigenvalue weighted by molar-refractivity contribution is 6.30. The van der Waals surface area contributed by atoms with Crippen LogP contribution in [0.3, 0.4) is 0 Å². The monoisotopic (exact) mass is 622 g/mol. The number of fused-ring (bicyclic) bond motifs is 6. The highest BCUT2D eigenvalue weighted by Crippen LogP contribution is 2.35. The van der Waals surface area contributed by atoms with E-state index in [4.69, 9.17) is 11.6 Å². The van der Waals surface area contributed by atoms with Crippen LogP contribution in [0.1, 0.15) is 32.1 Å². The van der Waals surface area contributed by atoms with Crippen molar-refractivity contribution in [1.29, 1.82) is 0 Å². The van der Waals surface area contributed by atoms with E-state index in [1.807, 2.05) is 60.0 Å². The first-order chi connectivity index (χ1) is 21.7. The summed E-state index contributed by atoms with van der Waals surface area (Å²) in [5.74, 6) is -1.85. The van der Waals surface area contributed by atoms with Crippen LogP contribution in [-0.2, 0) is 13.1 Å². The zero-order chi connectivity index (χ0) is 31.4. The lowest BCUT2D eigenvalue weighted by Crippen LogP contribution is -2.34. The van der Waals surface area contributed by atoms with E-state index in [1.165, 1.54) is 11.6 Å². The van der Waals surface area contributed by atoms with Crippen LogP contribution < -0.4 is 10.6 Å². The Labute approximate surface area is 263 Å². The maximum Gasteiger partial charge on any atom is 0.268 e. The molecule has 0 spiro atoms. The van der Waals surface area contributed by atoms with Gasteiger partial charge in [-0.3, -0.25) is 9.59 Å². The Hall–Kier alpha value is -4.95. The molecule has 0 atom stereocenters. The van der Waals surface area contributed by atoms with E-state index in [0.29, 0.717) is 30.9 Å². The molecule has 2 amide bonds. The number of hydrogen-bond acceptors (Lipinski definition) is 2. The average Bonchev–Trinajstić information content (AvgIpc) is 3.58. The molecule has 6 nitrogen and oxygen atoms in total. The van der Waals surface area contributed by atoms with Crippen LogP contribution in [0.25, 0.3) is 44.1 Å². The fraction of sp³-hybridized carbons (Fsp3) is 0.167. The summed E-state index contributed by atoms with van der Waals surface area (Å²) < 4.78 is 31.0. The van der Waals surface area contributed by atoms with Crippen molar-refractivity contribution in [3.05, 3.63) is 118 Å². The highest BCUT2D eigenvalue weighted by Gasteiger charge is 2.23. The first kappa shape index (κ1) is 28.8. The molecule has 6 aromatic rings. The third-order valence-electron chi connectivity index (χ3n) is 8.37. The normalized spacial score (nSPS) is 14.0. The Morgan fingerprint density at radius 1 is 0.622 bits per heavy atom. The first-order valence-electron chi connectivity index (χ1n) is 14.7. The molecule has 8 rings (SSSR count). The number of nitrogens with one attached hydrogen (secondary N) is 2. The quantitative estimate of drug-likeness (QED) is 0.208. The fourth-order valence-corrected chi connectivity index (χ4v) is 6.57. The standard InChI is InChI=1S/C18H15ClN2O.C18H14F2N2O/c1-11-8-13-10-16-18(22)20-6-7-21(16)17(13)15(9-11)12-2-4-14(19)5-3-12;1-10-6-12-9-16-18(23)21-4-5-22(16)17(12)13(7-10)11-2-3-14(19)15(20)8-11/h2-5,8-10H,6-7H2,1H3,(H,20,22);2-3,6-9H,4-5H2,1H3,(H,21,23). The number of aryl methyl sites for hydroxylation is 2. The molecule has 2 aliphatic rings. The van der Waals surface area contributed by atoms with Crippen LogP contribution >= 0.6 is 11.6 Å². The SMILES string of the molecule is Cc1cc(-c2ccc(Cl)cc2)c2c(c1)cc1n2CCNC1=O.Cc1cc(-c2ccc(F)c(F)c2)c2c(c1)cc1n2CCNC1=O. The largest absolute Gasteiger partial charge is 0.349 e. The lowest BCUT2D eigenvalue weighted by molar-refractivity contribution is 0.0921. The molecule has 226 valence electrons. The van der Waals surface area contributed by atoms with Crippen molar-refractivity contribution in [2.45, 2.75) is 26.9 Å². The van der Waals surface area contributed by atoms with E-state index >= 15 is 0 Å². The predicted molar refractivity (Wildman–Crippen MR) is 174 cm³/mol. The molecule has 0 unspecified atom stereocenters. The van der Waals surface area contributed by atoms with Gasteiger partial charge in [0.25, 0.3) is 11.8 Å². The number of amides is 2. The zero-order valence-electron chi connectivity index (χ0n) is 24.7. The van der Waals surface area contributed by atoms with Gasteiger partial charge >= 0.3 is 0 Å². The molecule has 4 heterocycles. The highest BCUT2D eigenvalue weighted by atomic mass is 35.5. The second-order valence-corrected chi connectivity index (χ2v) is 11.9. The minimum Gasteiger partial charge on any atom is -0.349 e. The maximum atomic E-state index is 13.6. The minimum absolute atomic E-state index is 0.00200. The number of nitrogens with zero attached hydrogens (tertiary/aromatic N) is 2. The van der Waals surface area contributed by atoms with Crippen LogP contribution in [0.5, 0.6) is 0 Å². The van der Waals surface area contributed by atoms with Crippen molar-refractivity contribution in [2.75, 3.05) is 13.1 Å². The van der Waals surface area contributed by atoms with E-state index in [0.717, 1.165) is 67.4 Å². The number of aromatic nitrogens is 2. The molecular weight excluding hydrogens is 594 g/mol. The molecule has 2 aliphatic heterocycles. The van der Waals surface area contributed by atoms with Gasteiger partial charge in [0.2, 0.25) is 0 Å². The third-order valence-corrected chi connectivity index (χ3v) is 8.62. The van der Waals surface area contributed by atoms with Gasteiger partial charge in [0, 0.05) is 53.1 Å². The number of carbonyl (C=O) groups is 2. The molecule has 9 heteroatoms. The smallest absolute Gasteiger partial charge is 0.268 e. The summed E-state index contributed by atoms with van der Waals surface area (Å²) in [6.07, 6.45) is 0. The predicted octanol–water partition coefficient (Wildman–Crippen LogP) is 7.65. The van der Waals surface area contributed by atoms with Crippen LogP contribution in [0.4, 0.5) is 8.78 Å². The number of benzene rings is 4. The zero-order valence-corrected chi connectivity index (χ0v) is 25.4. The molecule has 2 aromatic heterocycles. The van der Waals surface area contributed by atoms with Gasteiger partial charge in [0.15, 0.2) is 11.6 Å². The molecule has 45 heavy (non-hydrogen) atoms. The lowest BCUT2D eigenvalue weighted by Gasteiger charge is -2.18. The van der Waals surface area contributed by atoms with Gasteiger partial charge in [0.05, 0.1) is 11.0 Å². The molecule has 4 aromatic carbocycles. The topological polar surface area (TPSA) is 68.1 Å². The molecule has 2 N–H and O–H groups in total. The van der Waals surface area contributed by atoms with E-state index in [9.17, 15) is 18.4 Å². The summed E-state index contributed by atoms with van der Waals surface area (Å²) in [5, 5.41) is 8.49. The third kappa shape index (κ3) is 5.15. The van der Waals surface area contributed by atoms with Gasteiger partial charge in [-0.1, -0.05) is 29.8 Å². The Balaban J connectivity index is 0.000000145. The number of hydrogen-bond donors (Lipinski definition) is 2. The van der Waals surface area contributed by atoms with Crippen LogP contribution in [-0.4, -0.2) is 34.0 Å². The molecule has 0 radical (unpaired) electrons. The summed E-state index contributed by atoms with van der Waals surface area (Å²) in [6.45, 7) is 6.71. The van der Waals surface area contributed by atoms with E-state index in [2.05, 4.69) is 34.3 Å². The van der Waals surface area contributed by atoms with Gasteiger partial charge in [-0.15, -0.1) is 0 Å². The van der Waals surface area contributed by atoms with Crippen molar-refractivity contribution in [1.82, 2.24) is 19.8 Å². The second-order valence-electron chi connectivity index (χ2n) is 11.5. The van der Waals surface area contributed by atoms with Gasteiger partial charge < -0.3 is 19.8 Å². The summed E-state index contributed by atoms with van der Waals surface area (Å²) >= 11 is 6.00. The summed E-state index contributed by atoms with van der Waals surface area (Å²) in [7, 11) is 0. The van der Waals surface area contributed by atoms with Crippen LogP contribution in [0.15, 0.2) is 78.9 Å². The average molecular weight is 623 g/mol. The number of rotatable bonds is 2. The van der Waals surface area contributed by atoms with Crippen molar-refractivity contribution in [2.24, 2.45) is 0 Å². The molecule has 0 saturated heterocycles. The maximum absolute atomic E-state index is 13.6. The number of carbonyl (C=O) groups excluding carboxylic acids is 2. The van der Waals surface area contributed by atoms with Gasteiger partial charge in [-0.05, 0) is 96.8 Å². The van der Waals surface area contributed by atoms with E-state index in [1.54, 1.807) is 6.07 Å². The van der Waals surface area contributed by atoms with Gasteiger partial charge in [-0.25, -0.2) is 8.78 Å². The minimum atomic E-state index is -0.875. The fourth-order valence-electron chi connectivity index (χ4n) is 6.45. The Morgan fingerprint density at radius 2 is 1.11 bits per heavy atom. The summed E-state index contributed by atoms with van der Waals surface area (Å²) in [6, 6.07) is 23.8. The molecule has 0 aliphatic carbocycles. The summed E-state index contributed by atoms with van der Waals surface area (Å²) in [5.41, 5.74) is 9.19. The molecule has 0 saturated carbocycles. The van der Waals surface area contributed by atoms with Gasteiger partial charge in [-0.2, -0.15) is 0 Å². The Bertz CT molecular complexity index is 2160. The lowest BCUT2D eigenvalue weighted by atomic mass is 10.00. The van der Waals surface area contributed by atoms with E-state index < -0.39 is 11.6 Å². The molecule has 0 bridgehead atoms. The van der Waals surface area contributed by atoms with Crippen LogP contribution in [0.2, 0.25) is 5.02 Å². The van der Waals surface area contributed by atoms with Crippen LogP contribution in [0, 0.1) is 25.5 Å². The Morgan fingerprint density at radius 3 is 1.62 bits per heavy atom. The van der Waals surface area contributed by atoms with Crippen molar-refractivity contribution >= 4 is 45.2 Å². The van der Waals surface area contributed by atoms with Gasteiger partial charge in [0.1, 0.15) is 11.4 Å². The van der Waals surface area contributed by atoms with Crippen molar-refractivity contribution in [3.8, 4) is 22.3 Å². The van der Waals surface area contributed by atoms with Crippen molar-refractivity contribution < 1.29 is 18.4 Å². The molecule has 0 fully saturated rings.